The first-order valence-corrected chi connectivity index (χ1v) is 6.20. The smallest absolute Gasteiger partial charge is 0.203 e. The third-order valence-electron chi connectivity index (χ3n) is 2.93. The summed E-state index contributed by atoms with van der Waals surface area (Å²) in [6.07, 6.45) is 0. The number of phenolic OH excluding ortho intramolecular Hbond substituents is 1. The summed E-state index contributed by atoms with van der Waals surface area (Å²) < 4.78 is 10.5. The van der Waals surface area contributed by atoms with Gasteiger partial charge in [-0.3, -0.25) is 4.79 Å². The van der Waals surface area contributed by atoms with Crippen LogP contribution in [-0.4, -0.2) is 24.6 Å². The van der Waals surface area contributed by atoms with E-state index in [2.05, 4.69) is 0 Å². The highest BCUT2D eigenvalue weighted by Gasteiger charge is 2.14. The summed E-state index contributed by atoms with van der Waals surface area (Å²) in [4.78, 5) is 12.1. The van der Waals surface area contributed by atoms with Crippen molar-refractivity contribution in [3.63, 3.8) is 0 Å². The summed E-state index contributed by atoms with van der Waals surface area (Å²) >= 11 is 0. The van der Waals surface area contributed by atoms with Crippen molar-refractivity contribution in [2.45, 2.75) is 6.92 Å². The molecule has 2 aromatic rings. The third kappa shape index (κ3) is 3.09. The molecule has 0 atom stereocenters. The number of Topliss-reactive ketones (excluding diaryl/α,β-unsaturated/α-hetero) is 1. The molecule has 0 heterocycles. The zero-order chi connectivity index (χ0) is 14.5. The second-order valence-corrected chi connectivity index (χ2v) is 4.36. The van der Waals surface area contributed by atoms with Gasteiger partial charge in [-0.1, -0.05) is 18.2 Å². The van der Waals surface area contributed by atoms with Crippen LogP contribution in [0.2, 0.25) is 0 Å². The lowest BCUT2D eigenvalue weighted by Crippen LogP contribution is -2.12. The van der Waals surface area contributed by atoms with Crippen molar-refractivity contribution in [2.24, 2.45) is 0 Å². The van der Waals surface area contributed by atoms with Gasteiger partial charge in [0.05, 0.1) is 12.7 Å². The van der Waals surface area contributed by atoms with E-state index < -0.39 is 0 Å². The zero-order valence-corrected chi connectivity index (χ0v) is 11.4. The van der Waals surface area contributed by atoms with Gasteiger partial charge in [0.25, 0.3) is 0 Å². The first-order chi connectivity index (χ1) is 9.61. The Morgan fingerprint density at radius 2 is 1.90 bits per heavy atom. The lowest BCUT2D eigenvalue weighted by Gasteiger charge is -2.10. The maximum Gasteiger partial charge on any atom is 0.203 e. The Hall–Kier alpha value is -2.49. The van der Waals surface area contributed by atoms with E-state index in [-0.39, 0.29) is 23.7 Å². The summed E-state index contributed by atoms with van der Waals surface area (Å²) in [7, 11) is 1.52. The molecule has 0 saturated carbocycles. The van der Waals surface area contributed by atoms with E-state index in [0.717, 1.165) is 5.56 Å². The fourth-order valence-corrected chi connectivity index (χ4v) is 1.86. The molecule has 0 radical (unpaired) electrons. The number of hydrogen-bond acceptors (Lipinski definition) is 4. The maximum atomic E-state index is 12.1. The van der Waals surface area contributed by atoms with Crippen LogP contribution in [0.15, 0.2) is 42.5 Å². The predicted molar refractivity (Wildman–Crippen MR) is 75.7 cm³/mol. The molecule has 0 aliphatic rings. The first-order valence-electron chi connectivity index (χ1n) is 6.20. The predicted octanol–water partition coefficient (Wildman–Crippen LogP) is 2.97. The molecule has 4 heteroatoms. The minimum atomic E-state index is -0.280. The number of para-hydroxylation sites is 1. The molecule has 0 bridgehead atoms. The highest BCUT2D eigenvalue weighted by molar-refractivity contribution is 6.00. The number of aromatic hydroxyl groups is 1. The van der Waals surface area contributed by atoms with Crippen molar-refractivity contribution in [3.05, 3.63) is 53.6 Å². The SMILES string of the molecule is COc1cc(O)c(C(=O)COc2ccccc2)cc1C. The van der Waals surface area contributed by atoms with Gasteiger partial charge in [-0.05, 0) is 30.7 Å². The number of ketones is 1. The second kappa shape index (κ2) is 6.10. The van der Waals surface area contributed by atoms with E-state index in [4.69, 9.17) is 9.47 Å². The van der Waals surface area contributed by atoms with E-state index in [1.165, 1.54) is 13.2 Å². The van der Waals surface area contributed by atoms with Crippen molar-refractivity contribution in [1.82, 2.24) is 0 Å². The van der Waals surface area contributed by atoms with Crippen molar-refractivity contribution in [3.8, 4) is 17.2 Å². The van der Waals surface area contributed by atoms with Crippen molar-refractivity contribution < 1.29 is 19.4 Å². The van der Waals surface area contributed by atoms with Gasteiger partial charge in [0, 0.05) is 6.07 Å². The van der Waals surface area contributed by atoms with Gasteiger partial charge >= 0.3 is 0 Å². The maximum absolute atomic E-state index is 12.1. The fraction of sp³-hybridized carbons (Fsp3) is 0.188. The Bertz CT molecular complexity index is 605. The number of rotatable bonds is 5. The number of phenols is 1. The number of carbonyl (C=O) groups is 1. The average Bonchev–Trinajstić information content (AvgIpc) is 2.47. The molecule has 0 spiro atoms. The van der Waals surface area contributed by atoms with Crippen LogP contribution < -0.4 is 9.47 Å². The van der Waals surface area contributed by atoms with Gasteiger partial charge in [0.2, 0.25) is 5.78 Å². The van der Waals surface area contributed by atoms with Gasteiger partial charge < -0.3 is 14.6 Å². The van der Waals surface area contributed by atoms with E-state index in [1.54, 1.807) is 18.2 Å². The fourth-order valence-electron chi connectivity index (χ4n) is 1.86. The Labute approximate surface area is 117 Å². The topological polar surface area (TPSA) is 55.8 Å². The molecule has 0 fully saturated rings. The number of benzene rings is 2. The van der Waals surface area contributed by atoms with Gasteiger partial charge in [0.1, 0.15) is 17.2 Å². The molecule has 2 aromatic carbocycles. The lowest BCUT2D eigenvalue weighted by atomic mass is 10.1. The molecule has 1 N–H and O–H groups in total. The molecular formula is C16H16O4. The Kier molecular flexibility index (Phi) is 4.25. The standard InChI is InChI=1S/C16H16O4/c1-11-8-13(14(17)9-16(11)19-2)15(18)10-20-12-6-4-3-5-7-12/h3-9,17H,10H2,1-2H3. The average molecular weight is 272 g/mol. The first kappa shape index (κ1) is 13.9. The Morgan fingerprint density at radius 1 is 1.20 bits per heavy atom. The number of carbonyl (C=O) groups excluding carboxylic acids is 1. The molecule has 0 unspecified atom stereocenters. The Balaban J connectivity index is 2.11. The van der Waals surface area contributed by atoms with E-state index >= 15 is 0 Å². The van der Waals surface area contributed by atoms with Gasteiger partial charge in [0.15, 0.2) is 6.61 Å². The molecule has 0 amide bonds. The highest BCUT2D eigenvalue weighted by Crippen LogP contribution is 2.28. The minimum absolute atomic E-state index is 0.103. The van der Waals surface area contributed by atoms with Gasteiger partial charge in [-0.25, -0.2) is 0 Å². The molecule has 20 heavy (non-hydrogen) atoms. The summed E-state index contributed by atoms with van der Waals surface area (Å²) in [5.74, 6) is 0.778. The van der Waals surface area contributed by atoms with Gasteiger partial charge in [-0.2, -0.15) is 0 Å². The monoisotopic (exact) mass is 272 g/mol. The number of aryl methyl sites for hydroxylation is 1. The van der Waals surface area contributed by atoms with Crippen LogP contribution in [0.25, 0.3) is 0 Å². The van der Waals surface area contributed by atoms with Crippen LogP contribution in [0.4, 0.5) is 0 Å². The molecular weight excluding hydrogens is 256 g/mol. The van der Waals surface area contributed by atoms with Crippen molar-refractivity contribution in [2.75, 3.05) is 13.7 Å². The van der Waals surface area contributed by atoms with Crippen LogP contribution in [0.3, 0.4) is 0 Å². The van der Waals surface area contributed by atoms with Crippen LogP contribution >= 0.6 is 0 Å². The third-order valence-corrected chi connectivity index (χ3v) is 2.93. The quantitative estimate of drug-likeness (QED) is 0.850. The molecule has 4 nitrogen and oxygen atoms in total. The van der Waals surface area contributed by atoms with Crippen molar-refractivity contribution >= 4 is 5.78 Å². The summed E-state index contributed by atoms with van der Waals surface area (Å²) in [6.45, 7) is 1.69. The van der Waals surface area contributed by atoms with E-state index in [9.17, 15) is 9.90 Å². The molecule has 0 aromatic heterocycles. The number of hydrogen-bond donors (Lipinski definition) is 1. The van der Waals surface area contributed by atoms with Gasteiger partial charge in [-0.15, -0.1) is 0 Å². The zero-order valence-electron chi connectivity index (χ0n) is 11.4. The van der Waals surface area contributed by atoms with Crippen LogP contribution in [0, 0.1) is 6.92 Å². The van der Waals surface area contributed by atoms with Crippen LogP contribution in [-0.2, 0) is 0 Å². The van der Waals surface area contributed by atoms with Crippen LogP contribution in [0.1, 0.15) is 15.9 Å². The molecule has 2 rings (SSSR count). The second-order valence-electron chi connectivity index (χ2n) is 4.36. The molecule has 104 valence electrons. The lowest BCUT2D eigenvalue weighted by molar-refractivity contribution is 0.0918. The molecule has 0 saturated heterocycles. The normalized spacial score (nSPS) is 10.1. The molecule has 0 aliphatic carbocycles. The highest BCUT2D eigenvalue weighted by atomic mass is 16.5. The number of methoxy groups -OCH3 is 1. The van der Waals surface area contributed by atoms with E-state index in [0.29, 0.717) is 11.5 Å². The summed E-state index contributed by atoms with van der Waals surface area (Å²) in [6, 6.07) is 12.1. The minimum Gasteiger partial charge on any atom is -0.507 e. The number of ether oxygens (including phenoxy) is 2. The van der Waals surface area contributed by atoms with E-state index in [1.807, 2.05) is 25.1 Å². The van der Waals surface area contributed by atoms with Crippen LogP contribution in [0.5, 0.6) is 17.2 Å². The Morgan fingerprint density at radius 3 is 2.55 bits per heavy atom. The molecule has 0 aliphatic heterocycles. The summed E-state index contributed by atoms with van der Waals surface area (Å²) in [5, 5.41) is 9.86. The van der Waals surface area contributed by atoms with Crippen molar-refractivity contribution in [1.29, 1.82) is 0 Å². The largest absolute Gasteiger partial charge is 0.507 e. The summed E-state index contributed by atoms with van der Waals surface area (Å²) in [5.41, 5.74) is 1.02.